The molecule has 1 aromatic rings. The number of rotatable bonds is 1. The van der Waals surface area contributed by atoms with E-state index < -0.39 is 12.1 Å². The Bertz CT molecular complexity index is 425. The summed E-state index contributed by atoms with van der Waals surface area (Å²) in [5.41, 5.74) is 0.0399. The van der Waals surface area contributed by atoms with E-state index in [4.69, 9.17) is 5.26 Å². The van der Waals surface area contributed by atoms with Crippen molar-refractivity contribution in [2.24, 2.45) is 0 Å². The zero-order chi connectivity index (χ0) is 11.6. The molecule has 0 atom stereocenters. The first-order valence-corrected chi connectivity index (χ1v) is 4.46. The van der Waals surface area contributed by atoms with Crippen LogP contribution in [0.1, 0.15) is 11.3 Å². The van der Waals surface area contributed by atoms with Gasteiger partial charge in [0.25, 0.3) is 0 Å². The van der Waals surface area contributed by atoms with Gasteiger partial charge in [0.1, 0.15) is 16.2 Å². The maximum atomic E-state index is 12.0. The quantitative estimate of drug-likeness (QED) is 0.743. The summed E-state index contributed by atoms with van der Waals surface area (Å²) >= 11 is 2.88. The van der Waals surface area contributed by atoms with Crippen LogP contribution in [0.5, 0.6) is 5.75 Å². The summed E-state index contributed by atoms with van der Waals surface area (Å²) in [7, 11) is 0. The first-order chi connectivity index (χ1) is 6.83. The van der Waals surface area contributed by atoms with Crippen LogP contribution in [0.2, 0.25) is 0 Å². The standard InChI is InChI=1S/C8H4BrF3N2O/c1-4-2-6(15-8(10,11)12)5(3-13)7(9)14-4/h2H,1H3. The number of hydrogen-bond donors (Lipinski definition) is 0. The average molecular weight is 281 g/mol. The molecule has 0 spiro atoms. The monoisotopic (exact) mass is 280 g/mol. The molecule has 0 saturated heterocycles. The van der Waals surface area contributed by atoms with Gasteiger partial charge < -0.3 is 4.74 Å². The molecule has 0 fully saturated rings. The highest BCUT2D eigenvalue weighted by molar-refractivity contribution is 9.10. The first kappa shape index (κ1) is 11.8. The lowest BCUT2D eigenvalue weighted by Crippen LogP contribution is -2.18. The molecule has 0 N–H and O–H groups in total. The van der Waals surface area contributed by atoms with Crippen molar-refractivity contribution < 1.29 is 17.9 Å². The summed E-state index contributed by atoms with van der Waals surface area (Å²) in [6.07, 6.45) is -4.82. The number of ether oxygens (including phenoxy) is 1. The maximum absolute atomic E-state index is 12.0. The molecule has 1 aromatic heterocycles. The van der Waals surface area contributed by atoms with E-state index in [9.17, 15) is 13.2 Å². The summed E-state index contributed by atoms with van der Waals surface area (Å²) in [5.74, 6) is -0.552. The van der Waals surface area contributed by atoms with Crippen LogP contribution in [0.25, 0.3) is 0 Å². The Morgan fingerprint density at radius 1 is 1.53 bits per heavy atom. The second kappa shape index (κ2) is 4.06. The van der Waals surface area contributed by atoms with E-state index in [0.717, 1.165) is 6.07 Å². The second-order valence-electron chi connectivity index (χ2n) is 2.59. The van der Waals surface area contributed by atoms with Gasteiger partial charge in [-0.1, -0.05) is 0 Å². The van der Waals surface area contributed by atoms with Crippen LogP contribution in [-0.2, 0) is 0 Å². The summed E-state index contributed by atoms with van der Waals surface area (Å²) < 4.78 is 39.6. The first-order valence-electron chi connectivity index (χ1n) is 3.66. The van der Waals surface area contributed by atoms with Crippen LogP contribution in [0.15, 0.2) is 10.7 Å². The van der Waals surface area contributed by atoms with E-state index in [2.05, 4.69) is 25.7 Å². The summed E-state index contributed by atoms with van der Waals surface area (Å²) in [5, 5.41) is 8.62. The van der Waals surface area contributed by atoms with Gasteiger partial charge in [-0.3, -0.25) is 0 Å². The molecule has 0 aliphatic carbocycles. The maximum Gasteiger partial charge on any atom is 0.573 e. The third kappa shape index (κ3) is 3.09. The smallest absolute Gasteiger partial charge is 0.404 e. The Kier molecular flexibility index (Phi) is 3.19. The molecule has 1 heterocycles. The molecule has 0 aliphatic heterocycles. The molecule has 0 aliphatic rings. The molecule has 15 heavy (non-hydrogen) atoms. The average Bonchev–Trinajstić information content (AvgIpc) is 1.99. The van der Waals surface area contributed by atoms with Gasteiger partial charge in [0.05, 0.1) is 0 Å². The van der Waals surface area contributed by atoms with Crippen molar-refractivity contribution in [2.75, 3.05) is 0 Å². The Balaban J connectivity index is 3.23. The molecule has 0 aromatic carbocycles. The molecular weight excluding hydrogens is 277 g/mol. The molecular formula is C8H4BrF3N2O. The minimum atomic E-state index is -4.82. The molecule has 3 nitrogen and oxygen atoms in total. The number of pyridine rings is 1. The van der Waals surface area contributed by atoms with Crippen LogP contribution in [-0.4, -0.2) is 11.3 Å². The predicted octanol–water partition coefficient (Wildman–Crippen LogP) is 2.92. The molecule has 0 amide bonds. The molecule has 80 valence electrons. The minimum absolute atomic E-state index is 0.0317. The highest BCUT2D eigenvalue weighted by Gasteiger charge is 2.32. The van der Waals surface area contributed by atoms with Crippen molar-refractivity contribution in [1.29, 1.82) is 5.26 Å². The van der Waals surface area contributed by atoms with Crippen molar-refractivity contribution in [3.05, 3.63) is 21.9 Å². The van der Waals surface area contributed by atoms with E-state index in [1.165, 1.54) is 6.92 Å². The lowest BCUT2D eigenvalue weighted by molar-refractivity contribution is -0.274. The highest BCUT2D eigenvalue weighted by atomic mass is 79.9. The lowest BCUT2D eigenvalue weighted by atomic mass is 10.2. The van der Waals surface area contributed by atoms with Gasteiger partial charge in [0.15, 0.2) is 5.75 Å². The number of aromatic nitrogens is 1. The summed E-state index contributed by atoms with van der Waals surface area (Å²) in [4.78, 5) is 3.78. The zero-order valence-corrected chi connectivity index (χ0v) is 8.98. The van der Waals surface area contributed by atoms with E-state index in [1.54, 1.807) is 6.07 Å². The van der Waals surface area contributed by atoms with Crippen LogP contribution in [0.4, 0.5) is 13.2 Å². The fraction of sp³-hybridized carbons (Fsp3) is 0.250. The Morgan fingerprint density at radius 2 is 2.13 bits per heavy atom. The Labute approximate surface area is 91.6 Å². The fourth-order valence-corrected chi connectivity index (χ4v) is 1.48. The van der Waals surface area contributed by atoms with E-state index >= 15 is 0 Å². The van der Waals surface area contributed by atoms with Crippen molar-refractivity contribution >= 4 is 15.9 Å². The number of nitriles is 1. The summed E-state index contributed by atoms with van der Waals surface area (Å²) in [6.45, 7) is 1.50. The fourth-order valence-electron chi connectivity index (χ4n) is 0.913. The number of hydrogen-bond acceptors (Lipinski definition) is 3. The van der Waals surface area contributed by atoms with Gasteiger partial charge in [-0.2, -0.15) is 5.26 Å². The van der Waals surface area contributed by atoms with Crippen LogP contribution >= 0.6 is 15.9 Å². The molecule has 0 unspecified atom stereocenters. The number of alkyl halides is 3. The number of halogens is 4. The van der Waals surface area contributed by atoms with Crippen LogP contribution < -0.4 is 4.74 Å². The van der Waals surface area contributed by atoms with Gasteiger partial charge in [0.2, 0.25) is 0 Å². The molecule has 0 bridgehead atoms. The molecule has 0 saturated carbocycles. The zero-order valence-electron chi connectivity index (χ0n) is 7.39. The topological polar surface area (TPSA) is 45.9 Å². The third-order valence-electron chi connectivity index (χ3n) is 1.40. The van der Waals surface area contributed by atoms with Crippen molar-refractivity contribution in [3.8, 4) is 11.8 Å². The normalized spacial score (nSPS) is 10.9. The van der Waals surface area contributed by atoms with Gasteiger partial charge in [-0.05, 0) is 22.9 Å². The van der Waals surface area contributed by atoms with E-state index in [1.807, 2.05) is 0 Å². The Hall–Kier alpha value is -1.29. The van der Waals surface area contributed by atoms with Gasteiger partial charge in [0, 0.05) is 11.8 Å². The van der Waals surface area contributed by atoms with E-state index in [-0.39, 0.29) is 10.2 Å². The van der Waals surface area contributed by atoms with Gasteiger partial charge >= 0.3 is 6.36 Å². The van der Waals surface area contributed by atoms with Gasteiger partial charge in [-0.15, -0.1) is 13.2 Å². The van der Waals surface area contributed by atoms with Crippen molar-refractivity contribution in [1.82, 2.24) is 4.98 Å². The molecule has 1 rings (SSSR count). The van der Waals surface area contributed by atoms with E-state index in [0.29, 0.717) is 5.69 Å². The second-order valence-corrected chi connectivity index (χ2v) is 3.34. The lowest BCUT2D eigenvalue weighted by Gasteiger charge is -2.11. The SMILES string of the molecule is Cc1cc(OC(F)(F)F)c(C#N)c(Br)n1. The van der Waals surface area contributed by atoms with Crippen LogP contribution in [0, 0.1) is 18.3 Å². The minimum Gasteiger partial charge on any atom is -0.404 e. The highest BCUT2D eigenvalue weighted by Crippen LogP contribution is 2.30. The largest absolute Gasteiger partial charge is 0.573 e. The third-order valence-corrected chi connectivity index (χ3v) is 1.98. The molecule has 7 heteroatoms. The van der Waals surface area contributed by atoms with Crippen molar-refractivity contribution in [2.45, 2.75) is 13.3 Å². The van der Waals surface area contributed by atoms with Crippen LogP contribution in [0.3, 0.4) is 0 Å². The summed E-state index contributed by atoms with van der Waals surface area (Å²) in [6, 6.07) is 2.63. The van der Waals surface area contributed by atoms with Crippen molar-refractivity contribution in [3.63, 3.8) is 0 Å². The number of nitrogens with zero attached hydrogens (tertiary/aromatic N) is 2. The Morgan fingerprint density at radius 3 is 2.60 bits per heavy atom. The van der Waals surface area contributed by atoms with Gasteiger partial charge in [-0.25, -0.2) is 4.98 Å². The molecule has 0 radical (unpaired) electrons. The number of aryl methyl sites for hydroxylation is 1. The predicted molar refractivity (Wildman–Crippen MR) is 48.1 cm³/mol.